The highest BCUT2D eigenvalue weighted by Gasteiger charge is 2.35. The molecule has 0 aliphatic heterocycles. The Morgan fingerprint density at radius 1 is 1.15 bits per heavy atom. The second kappa shape index (κ2) is 6.44. The average Bonchev–Trinajstić information content (AvgIpc) is 2.61. The Balaban J connectivity index is 2.44. The lowest BCUT2D eigenvalue weighted by atomic mass is 9.84. The minimum Gasteiger partial charge on any atom is -0.507 e. The summed E-state index contributed by atoms with van der Waals surface area (Å²) < 4.78 is 39.3. The Kier molecular flexibility index (Phi) is 4.43. The first-order valence-corrected chi connectivity index (χ1v) is 8.05. The number of hydrogen-bond donors (Lipinski definition) is 4. The maximum Gasteiger partial charge on any atom is 0.431 e. The molecule has 5 nitrogen and oxygen atoms in total. The van der Waals surface area contributed by atoms with Crippen LogP contribution in [-0.4, -0.2) is 28.7 Å². The number of phenols is 1. The smallest absolute Gasteiger partial charge is 0.431 e. The summed E-state index contributed by atoms with van der Waals surface area (Å²) >= 11 is 0. The molecule has 1 heterocycles. The van der Waals surface area contributed by atoms with Gasteiger partial charge in [-0.3, -0.25) is 0 Å². The number of fused-ring (bicyclic) bond motifs is 3. The number of benzene rings is 1. The fourth-order valence-electron chi connectivity index (χ4n) is 3.43. The van der Waals surface area contributed by atoms with Crippen molar-refractivity contribution in [2.45, 2.75) is 31.9 Å². The summed E-state index contributed by atoms with van der Waals surface area (Å²) in [6, 6.07) is 2.86. The van der Waals surface area contributed by atoms with Gasteiger partial charge in [-0.25, -0.2) is 4.98 Å². The van der Waals surface area contributed by atoms with Crippen LogP contribution < -0.4 is 5.73 Å². The predicted octanol–water partition coefficient (Wildman–Crippen LogP) is 3.70. The molecule has 0 amide bonds. The highest BCUT2D eigenvalue weighted by atomic mass is 19.4. The number of aromatic hydroxyl groups is 1. The lowest BCUT2D eigenvalue weighted by molar-refractivity contribution is -0.0919. The van der Waals surface area contributed by atoms with E-state index in [1.807, 2.05) is 0 Å². The van der Waals surface area contributed by atoms with Crippen LogP contribution in [0.1, 0.15) is 35.2 Å². The number of rotatable bonds is 3. The van der Waals surface area contributed by atoms with Gasteiger partial charge in [0.15, 0.2) is 0 Å². The monoisotopic (exact) mass is 362 g/mol. The van der Waals surface area contributed by atoms with Crippen molar-refractivity contribution in [2.24, 2.45) is 5.73 Å². The van der Waals surface area contributed by atoms with E-state index < -0.39 is 17.4 Å². The summed E-state index contributed by atoms with van der Waals surface area (Å²) in [5, 5.41) is 25.7. The minimum absolute atomic E-state index is 0.0543. The number of halogens is 3. The molecule has 3 rings (SSSR count). The number of aryl methyl sites for hydroxylation is 1. The fraction of sp³-hybridized carbons (Fsp3) is 0.278. The van der Waals surface area contributed by atoms with Crippen LogP contribution in [0.15, 0.2) is 17.8 Å². The Morgan fingerprint density at radius 2 is 1.81 bits per heavy atom. The van der Waals surface area contributed by atoms with E-state index in [1.165, 1.54) is 12.1 Å². The zero-order valence-corrected chi connectivity index (χ0v) is 13.7. The molecule has 5 N–H and O–H groups in total. The Labute approximate surface area is 147 Å². The first kappa shape index (κ1) is 17.9. The van der Waals surface area contributed by atoms with Gasteiger partial charge in [-0.05, 0) is 48.9 Å². The van der Waals surface area contributed by atoms with E-state index in [2.05, 4.69) is 4.98 Å². The van der Waals surface area contributed by atoms with Gasteiger partial charge in [0.05, 0.1) is 11.2 Å². The molecule has 0 saturated heterocycles. The normalized spacial score (nSPS) is 15.3. The van der Waals surface area contributed by atoms with E-state index in [0.29, 0.717) is 41.1 Å². The van der Waals surface area contributed by atoms with Gasteiger partial charge in [-0.1, -0.05) is 0 Å². The second-order valence-corrected chi connectivity index (χ2v) is 6.13. The molecule has 1 aromatic heterocycles. The van der Waals surface area contributed by atoms with Crippen molar-refractivity contribution < 1.29 is 18.3 Å². The van der Waals surface area contributed by atoms with E-state index in [0.717, 1.165) is 24.6 Å². The molecule has 2 aromatic rings. The van der Waals surface area contributed by atoms with Gasteiger partial charge in [0.25, 0.3) is 0 Å². The number of alkyl halides is 3. The Bertz CT molecular complexity index is 948. The summed E-state index contributed by atoms with van der Waals surface area (Å²) in [6.45, 7) is 0. The van der Waals surface area contributed by atoms with Gasteiger partial charge in [0, 0.05) is 29.0 Å². The predicted molar refractivity (Wildman–Crippen MR) is 93.9 cm³/mol. The van der Waals surface area contributed by atoms with Crippen molar-refractivity contribution in [1.82, 2.24) is 4.98 Å². The number of nitrogens with one attached hydrogen (secondary N) is 2. The molecule has 8 heteroatoms. The van der Waals surface area contributed by atoms with Gasteiger partial charge in [0.2, 0.25) is 0 Å². The van der Waals surface area contributed by atoms with Gasteiger partial charge in [-0.2, -0.15) is 13.2 Å². The molecule has 0 radical (unpaired) electrons. The van der Waals surface area contributed by atoms with Crippen LogP contribution in [0.4, 0.5) is 13.2 Å². The van der Waals surface area contributed by atoms with Crippen LogP contribution in [0, 0.1) is 10.8 Å². The van der Waals surface area contributed by atoms with E-state index in [1.54, 1.807) is 0 Å². The van der Waals surface area contributed by atoms with Crippen molar-refractivity contribution in [3.8, 4) is 5.75 Å². The molecule has 0 unspecified atom stereocenters. The summed E-state index contributed by atoms with van der Waals surface area (Å²) in [5.41, 5.74) is 5.56. The van der Waals surface area contributed by atoms with Crippen LogP contribution in [0.25, 0.3) is 16.5 Å². The highest BCUT2D eigenvalue weighted by Crippen LogP contribution is 2.38. The van der Waals surface area contributed by atoms with Gasteiger partial charge in [0.1, 0.15) is 11.4 Å². The summed E-state index contributed by atoms with van der Waals surface area (Å²) in [4.78, 5) is 4.34. The number of pyridine rings is 1. The molecule has 0 bridgehead atoms. The summed E-state index contributed by atoms with van der Waals surface area (Å²) in [6.07, 6.45) is -0.429. The second-order valence-electron chi connectivity index (χ2n) is 6.13. The van der Waals surface area contributed by atoms with Gasteiger partial charge in [-0.15, -0.1) is 0 Å². The molecule has 1 aliphatic rings. The van der Waals surface area contributed by atoms with E-state index in [9.17, 15) is 18.3 Å². The van der Waals surface area contributed by atoms with E-state index >= 15 is 0 Å². The zero-order chi connectivity index (χ0) is 19.1. The number of hydrogen-bond acceptors (Lipinski definition) is 5. The Morgan fingerprint density at radius 3 is 2.38 bits per heavy atom. The first-order valence-electron chi connectivity index (χ1n) is 8.05. The number of aromatic nitrogens is 1. The fourth-order valence-corrected chi connectivity index (χ4v) is 3.43. The number of nitrogens with zero attached hydrogens (tertiary/aromatic N) is 1. The first-order chi connectivity index (χ1) is 12.3. The van der Waals surface area contributed by atoms with Crippen molar-refractivity contribution in [1.29, 1.82) is 10.8 Å². The van der Waals surface area contributed by atoms with Crippen LogP contribution in [0.2, 0.25) is 0 Å². The van der Waals surface area contributed by atoms with Crippen molar-refractivity contribution in [2.75, 3.05) is 0 Å². The van der Waals surface area contributed by atoms with Gasteiger partial charge >= 0.3 is 6.18 Å². The molecule has 1 aliphatic carbocycles. The standard InChI is InChI=1S/C18H17F3N4O/c19-18(20,21)17(24)12(8-23)16-10-4-2-1-3-9(10)15-11(7-22)14(26)6-5-13(15)25-16/h5-8,22-23,26H,1-4,24H2. The van der Waals surface area contributed by atoms with E-state index in [4.69, 9.17) is 16.6 Å². The average molecular weight is 362 g/mol. The van der Waals surface area contributed by atoms with Crippen LogP contribution in [0.5, 0.6) is 5.75 Å². The summed E-state index contributed by atoms with van der Waals surface area (Å²) in [5.74, 6) is -0.0764. The molecule has 136 valence electrons. The topological polar surface area (TPSA) is 107 Å². The molecule has 0 fully saturated rings. The lowest BCUT2D eigenvalue weighted by Gasteiger charge is -2.23. The molecular weight excluding hydrogens is 345 g/mol. The largest absolute Gasteiger partial charge is 0.507 e. The molecule has 0 saturated carbocycles. The van der Waals surface area contributed by atoms with Gasteiger partial charge < -0.3 is 21.7 Å². The van der Waals surface area contributed by atoms with Crippen molar-refractivity contribution in [3.63, 3.8) is 0 Å². The molecule has 26 heavy (non-hydrogen) atoms. The minimum atomic E-state index is -4.76. The third-order valence-electron chi connectivity index (χ3n) is 4.63. The third kappa shape index (κ3) is 2.81. The lowest BCUT2D eigenvalue weighted by Crippen LogP contribution is -2.23. The van der Waals surface area contributed by atoms with Crippen LogP contribution in [-0.2, 0) is 12.8 Å². The van der Waals surface area contributed by atoms with Crippen molar-refractivity contribution in [3.05, 3.63) is 40.2 Å². The quantitative estimate of drug-likeness (QED) is 0.625. The highest BCUT2D eigenvalue weighted by molar-refractivity contribution is 6.11. The number of allylic oxidation sites excluding steroid dienone is 2. The number of nitrogens with two attached hydrogens (primary N) is 1. The molecule has 0 atom stereocenters. The number of phenolic OH excluding ortho intramolecular Hbond substituents is 1. The van der Waals surface area contributed by atoms with Crippen molar-refractivity contribution >= 4 is 28.9 Å². The third-order valence-corrected chi connectivity index (χ3v) is 4.63. The maximum absolute atomic E-state index is 13.1. The molecular formula is C18H17F3N4O. The SMILES string of the molecule is N=CC(=C(N)C(F)(F)F)c1nc2ccc(O)c(C=N)c2c2c1CCCC2. The molecule has 0 spiro atoms. The van der Waals surface area contributed by atoms with Crippen LogP contribution >= 0.6 is 0 Å². The van der Waals surface area contributed by atoms with E-state index in [-0.39, 0.29) is 11.4 Å². The zero-order valence-electron chi connectivity index (χ0n) is 13.7. The molecule has 1 aromatic carbocycles. The Hall–Kier alpha value is -2.90. The van der Waals surface area contributed by atoms with Crippen LogP contribution in [0.3, 0.4) is 0 Å². The summed E-state index contributed by atoms with van der Waals surface area (Å²) in [7, 11) is 0. The maximum atomic E-state index is 13.1.